The van der Waals surface area contributed by atoms with Gasteiger partial charge in [0.1, 0.15) is 6.04 Å². The Bertz CT molecular complexity index is 596. The molecule has 1 aromatic rings. The van der Waals surface area contributed by atoms with Gasteiger partial charge in [0.2, 0.25) is 11.8 Å². The fourth-order valence-corrected chi connectivity index (χ4v) is 4.66. The van der Waals surface area contributed by atoms with Gasteiger partial charge in [0.25, 0.3) is 0 Å². The Balaban J connectivity index is 1.82. The molecule has 1 aromatic carbocycles. The Labute approximate surface area is 129 Å². The largest absolute Gasteiger partial charge is 0.324 e. The second kappa shape index (κ2) is 5.05. The van der Waals surface area contributed by atoms with E-state index in [2.05, 4.69) is 12.2 Å². The fraction of sp³-hybridized carbons (Fsp3) is 0.500. The average molecular weight is 304 g/mol. The lowest BCUT2D eigenvalue weighted by Gasteiger charge is -2.30. The molecule has 0 bridgehead atoms. The van der Waals surface area contributed by atoms with Crippen molar-refractivity contribution < 1.29 is 9.59 Å². The SMILES string of the molecule is Cc1cccc(C)c1NC(=O)[C@@H]1CS[C@@]2(C)CCC(=O)N12. The molecule has 0 aromatic heterocycles. The van der Waals surface area contributed by atoms with Gasteiger partial charge in [-0.3, -0.25) is 9.59 Å². The Morgan fingerprint density at radius 1 is 1.38 bits per heavy atom. The second-order valence-corrected chi connectivity index (χ2v) is 7.52. The standard InChI is InChI=1S/C16H20N2O2S/c1-10-5-4-6-11(2)14(10)17-15(20)12-9-21-16(3)8-7-13(19)18(12)16/h4-6,12H,7-9H2,1-3H3,(H,17,20)/t12-,16-/m0/s1. The summed E-state index contributed by atoms with van der Waals surface area (Å²) in [6.45, 7) is 6.03. The zero-order valence-electron chi connectivity index (χ0n) is 12.6. The molecule has 2 saturated heterocycles. The lowest BCUT2D eigenvalue weighted by atomic mass is 10.1. The van der Waals surface area contributed by atoms with Crippen LogP contribution in [0.5, 0.6) is 0 Å². The van der Waals surface area contributed by atoms with E-state index in [9.17, 15) is 9.59 Å². The number of benzene rings is 1. The first-order chi connectivity index (χ1) is 9.92. The molecule has 1 N–H and O–H groups in total. The number of aryl methyl sites for hydroxylation is 2. The van der Waals surface area contributed by atoms with Crippen molar-refractivity contribution in [1.29, 1.82) is 0 Å². The van der Waals surface area contributed by atoms with Crippen LogP contribution in [0.1, 0.15) is 30.9 Å². The minimum absolute atomic E-state index is 0.0705. The number of para-hydroxylation sites is 1. The van der Waals surface area contributed by atoms with E-state index in [0.29, 0.717) is 12.2 Å². The Hall–Kier alpha value is -1.49. The van der Waals surface area contributed by atoms with Crippen LogP contribution in [0.4, 0.5) is 5.69 Å². The van der Waals surface area contributed by atoms with Crippen molar-refractivity contribution in [1.82, 2.24) is 4.90 Å². The van der Waals surface area contributed by atoms with Gasteiger partial charge in [0.05, 0.1) is 4.87 Å². The highest BCUT2D eigenvalue weighted by Crippen LogP contribution is 2.47. The van der Waals surface area contributed by atoms with Gasteiger partial charge >= 0.3 is 0 Å². The predicted molar refractivity (Wildman–Crippen MR) is 85.3 cm³/mol. The van der Waals surface area contributed by atoms with Crippen LogP contribution in [-0.2, 0) is 9.59 Å². The van der Waals surface area contributed by atoms with E-state index in [1.165, 1.54) is 0 Å². The number of amides is 2. The summed E-state index contributed by atoms with van der Waals surface area (Å²) >= 11 is 1.72. The molecular formula is C16H20N2O2S. The number of nitrogens with zero attached hydrogens (tertiary/aromatic N) is 1. The molecule has 0 saturated carbocycles. The average Bonchev–Trinajstić information content (AvgIpc) is 2.91. The summed E-state index contributed by atoms with van der Waals surface area (Å²) in [4.78, 5) is 26.3. The zero-order chi connectivity index (χ0) is 15.2. The molecule has 2 aliphatic heterocycles. The smallest absolute Gasteiger partial charge is 0.248 e. The summed E-state index contributed by atoms with van der Waals surface area (Å²) in [5, 5.41) is 3.02. The van der Waals surface area contributed by atoms with Gasteiger partial charge in [-0.1, -0.05) is 18.2 Å². The minimum Gasteiger partial charge on any atom is -0.324 e. The molecule has 2 amide bonds. The van der Waals surface area contributed by atoms with Crippen molar-refractivity contribution in [3.05, 3.63) is 29.3 Å². The Morgan fingerprint density at radius 3 is 2.71 bits per heavy atom. The van der Waals surface area contributed by atoms with E-state index in [0.717, 1.165) is 23.2 Å². The Kier molecular flexibility index (Phi) is 3.48. The van der Waals surface area contributed by atoms with Gasteiger partial charge in [0, 0.05) is 17.9 Å². The summed E-state index contributed by atoms with van der Waals surface area (Å²) in [6.07, 6.45) is 1.39. The van der Waals surface area contributed by atoms with Crippen molar-refractivity contribution in [3.63, 3.8) is 0 Å². The van der Waals surface area contributed by atoms with Gasteiger partial charge in [-0.2, -0.15) is 0 Å². The van der Waals surface area contributed by atoms with Crippen LogP contribution in [-0.4, -0.2) is 33.4 Å². The van der Waals surface area contributed by atoms with Gasteiger partial charge in [-0.15, -0.1) is 11.8 Å². The maximum Gasteiger partial charge on any atom is 0.248 e. The summed E-state index contributed by atoms with van der Waals surface area (Å²) in [5.74, 6) is 0.710. The number of hydrogen-bond acceptors (Lipinski definition) is 3. The van der Waals surface area contributed by atoms with Gasteiger partial charge in [-0.25, -0.2) is 0 Å². The minimum atomic E-state index is -0.353. The molecule has 0 aliphatic carbocycles. The number of hydrogen-bond donors (Lipinski definition) is 1. The van der Waals surface area contributed by atoms with E-state index in [4.69, 9.17) is 0 Å². The number of anilines is 1. The van der Waals surface area contributed by atoms with Gasteiger partial charge < -0.3 is 10.2 Å². The Morgan fingerprint density at radius 2 is 2.05 bits per heavy atom. The van der Waals surface area contributed by atoms with Crippen molar-refractivity contribution in [3.8, 4) is 0 Å². The van der Waals surface area contributed by atoms with Crippen molar-refractivity contribution >= 4 is 29.3 Å². The summed E-state index contributed by atoms with van der Waals surface area (Å²) in [6, 6.07) is 5.59. The van der Waals surface area contributed by atoms with E-state index < -0.39 is 0 Å². The number of fused-ring (bicyclic) bond motifs is 1. The monoisotopic (exact) mass is 304 g/mol. The van der Waals surface area contributed by atoms with Gasteiger partial charge in [-0.05, 0) is 38.3 Å². The number of thioether (sulfide) groups is 1. The van der Waals surface area contributed by atoms with Crippen LogP contribution in [0.3, 0.4) is 0 Å². The molecular weight excluding hydrogens is 284 g/mol. The number of carbonyl (C=O) groups excluding carboxylic acids is 2. The predicted octanol–water partition coefficient (Wildman–Crippen LogP) is 2.70. The molecule has 21 heavy (non-hydrogen) atoms. The molecule has 2 fully saturated rings. The number of nitrogens with one attached hydrogen (secondary N) is 1. The lowest BCUT2D eigenvalue weighted by molar-refractivity contribution is -0.135. The fourth-order valence-electron chi connectivity index (χ4n) is 3.23. The number of rotatable bonds is 2. The van der Waals surface area contributed by atoms with E-state index in [1.54, 1.807) is 16.7 Å². The molecule has 0 unspecified atom stereocenters. The van der Waals surface area contributed by atoms with Crippen LogP contribution < -0.4 is 5.32 Å². The maximum absolute atomic E-state index is 12.6. The quantitative estimate of drug-likeness (QED) is 0.914. The van der Waals surface area contributed by atoms with E-state index >= 15 is 0 Å². The van der Waals surface area contributed by atoms with Crippen LogP contribution in [0.25, 0.3) is 0 Å². The topological polar surface area (TPSA) is 49.4 Å². The zero-order valence-corrected chi connectivity index (χ0v) is 13.4. The molecule has 3 rings (SSSR count). The molecule has 112 valence electrons. The number of carbonyl (C=O) groups is 2. The van der Waals surface area contributed by atoms with E-state index in [1.807, 2.05) is 32.0 Å². The van der Waals surface area contributed by atoms with Gasteiger partial charge in [0.15, 0.2) is 0 Å². The molecule has 2 heterocycles. The summed E-state index contributed by atoms with van der Waals surface area (Å²) in [7, 11) is 0. The first kappa shape index (κ1) is 14.4. The highest BCUT2D eigenvalue weighted by Gasteiger charge is 2.52. The molecule has 4 nitrogen and oxygen atoms in total. The molecule has 0 radical (unpaired) electrons. The maximum atomic E-state index is 12.6. The molecule has 2 aliphatic rings. The van der Waals surface area contributed by atoms with Crippen molar-refractivity contribution in [2.45, 2.75) is 44.5 Å². The van der Waals surface area contributed by atoms with E-state index in [-0.39, 0.29) is 22.7 Å². The summed E-state index contributed by atoms with van der Waals surface area (Å²) in [5.41, 5.74) is 2.96. The molecule has 0 spiro atoms. The van der Waals surface area contributed by atoms with Crippen LogP contribution in [0, 0.1) is 13.8 Å². The van der Waals surface area contributed by atoms with Crippen molar-refractivity contribution in [2.75, 3.05) is 11.1 Å². The van der Waals surface area contributed by atoms with Crippen molar-refractivity contribution in [2.24, 2.45) is 0 Å². The highest BCUT2D eigenvalue weighted by molar-refractivity contribution is 8.01. The first-order valence-corrected chi connectivity index (χ1v) is 8.24. The third-order valence-electron chi connectivity index (χ3n) is 4.48. The van der Waals surface area contributed by atoms with Crippen LogP contribution in [0.15, 0.2) is 18.2 Å². The molecule has 2 atom stereocenters. The third-order valence-corrected chi connectivity index (χ3v) is 5.98. The second-order valence-electron chi connectivity index (χ2n) is 6.02. The third kappa shape index (κ3) is 2.33. The van der Waals surface area contributed by atoms with Crippen LogP contribution >= 0.6 is 11.8 Å². The highest BCUT2D eigenvalue weighted by atomic mass is 32.2. The first-order valence-electron chi connectivity index (χ1n) is 7.25. The normalized spacial score (nSPS) is 27.9. The molecule has 5 heteroatoms. The van der Waals surface area contributed by atoms with Crippen LogP contribution in [0.2, 0.25) is 0 Å². The lowest BCUT2D eigenvalue weighted by Crippen LogP contribution is -2.48. The summed E-state index contributed by atoms with van der Waals surface area (Å²) < 4.78 is 0.